The predicted octanol–water partition coefficient (Wildman–Crippen LogP) is 21.8. The summed E-state index contributed by atoms with van der Waals surface area (Å²) in [6.07, 6.45) is 0. The molecule has 0 radical (unpaired) electrons. The first-order chi connectivity index (χ1) is 47.3. The van der Waals surface area contributed by atoms with Crippen LogP contribution in [-0.4, -0.2) is 24.1 Å². The Bertz CT molecular complexity index is 5800. The molecule has 0 fully saturated rings. The molecule has 10 nitrogen and oxygen atoms in total. The average molecular weight is 1220 g/mol. The summed E-state index contributed by atoms with van der Waals surface area (Å²) in [7, 11) is 0. The molecule has 0 saturated heterocycles. The summed E-state index contributed by atoms with van der Waals surface area (Å²) in [5.41, 5.74) is 21.7. The SMILES string of the molecule is [C-]#[N+]c1cccc(-c2ccc3c(c2)c2cc(-c4cccc(C#N)c4)ccc2n3-c2ccc(-c3ccc(C#N)cc3)cc2-c2ccc(-n3c4ccc(-c5cccc(C#N)c5)cc4c4cc(-c5cccc([N+]#[C-])c5)ccc43)c(-c3nc(-c4ccccc4)nc(-c4ccccc4)n3)c2)c1. The summed E-state index contributed by atoms with van der Waals surface area (Å²) >= 11 is 0. The highest BCUT2D eigenvalue weighted by Crippen LogP contribution is 2.45. The fourth-order valence-corrected chi connectivity index (χ4v) is 13.2. The van der Waals surface area contributed by atoms with Crippen molar-refractivity contribution in [3.63, 3.8) is 0 Å². The average Bonchev–Trinajstić information content (AvgIpc) is 1.56. The van der Waals surface area contributed by atoms with Crippen LogP contribution in [0.3, 0.4) is 0 Å². The van der Waals surface area contributed by atoms with Gasteiger partial charge in [-0.1, -0.05) is 170 Å². The van der Waals surface area contributed by atoms with Crippen LogP contribution in [0, 0.1) is 47.1 Å². The molecule has 10 heteroatoms. The van der Waals surface area contributed by atoms with Crippen molar-refractivity contribution in [2.24, 2.45) is 0 Å². The normalized spacial score (nSPS) is 11.1. The molecule has 0 bridgehead atoms. The molecular formula is C86H48N10. The standard InChI is InChI=1S/C86H48N10/c1-90-70-23-11-21-62(43-70)67-32-38-80-75(48-67)73-46-65(60-19-9-13-55(41-60)52-88)30-36-79(73)95(80)78-35-29-64(57-27-25-54(51-87)26-28-57)45-72(78)69-34-40-83(77(50-69)86-93-84(58-15-5-3-6-16-58)92-85(94-86)59-17-7-4-8-18-59)96-81-37-31-66(61-20-10-14-56(42-61)53-89)47-74(81)76-49-68(33-39-82(76)96)63-22-12-24-71(44-63)91-2/h3-50H. The molecule has 16 aromatic rings. The smallest absolute Gasteiger partial charge is 0.187 e. The number of nitriles is 3. The second-order valence-corrected chi connectivity index (χ2v) is 23.5. The zero-order chi connectivity index (χ0) is 64.8. The van der Waals surface area contributed by atoms with Gasteiger partial charge in [-0.05, 0) is 183 Å². The lowest BCUT2D eigenvalue weighted by Gasteiger charge is -2.19. The molecule has 0 atom stereocenters. The molecule has 16 rings (SSSR count). The van der Waals surface area contributed by atoms with Crippen molar-refractivity contribution in [2.45, 2.75) is 0 Å². The molecule has 0 spiro atoms. The van der Waals surface area contributed by atoms with Gasteiger partial charge >= 0.3 is 0 Å². The monoisotopic (exact) mass is 1220 g/mol. The summed E-state index contributed by atoms with van der Waals surface area (Å²) in [5.74, 6) is 1.44. The van der Waals surface area contributed by atoms with Gasteiger partial charge in [0.2, 0.25) is 0 Å². The van der Waals surface area contributed by atoms with Crippen LogP contribution in [-0.2, 0) is 0 Å². The van der Waals surface area contributed by atoms with E-state index in [1.54, 1.807) is 0 Å². The fourth-order valence-electron chi connectivity index (χ4n) is 13.2. The Balaban J connectivity index is 0.995. The van der Waals surface area contributed by atoms with E-state index in [2.05, 4.69) is 146 Å². The van der Waals surface area contributed by atoms with E-state index in [-0.39, 0.29) is 0 Å². The van der Waals surface area contributed by atoms with Crippen LogP contribution in [0.15, 0.2) is 291 Å². The van der Waals surface area contributed by atoms with E-state index < -0.39 is 0 Å². The Morgan fingerprint density at radius 2 is 0.594 bits per heavy atom. The molecule has 0 aliphatic rings. The Kier molecular flexibility index (Phi) is 14.2. The summed E-state index contributed by atoms with van der Waals surface area (Å²) in [5, 5.41) is 33.9. The third kappa shape index (κ3) is 10.3. The lowest BCUT2D eigenvalue weighted by molar-refractivity contribution is 1.06. The number of hydrogen-bond donors (Lipinski definition) is 0. The largest absolute Gasteiger partial charge is 0.309 e. The third-order valence-electron chi connectivity index (χ3n) is 17.9. The minimum Gasteiger partial charge on any atom is -0.309 e. The Labute approximate surface area is 552 Å². The van der Waals surface area contributed by atoms with E-state index in [4.69, 9.17) is 28.1 Å². The van der Waals surface area contributed by atoms with Crippen LogP contribution >= 0.6 is 0 Å². The maximum absolute atomic E-state index is 10.0. The summed E-state index contributed by atoms with van der Waals surface area (Å²) in [6, 6.07) is 104. The number of rotatable bonds is 11. The van der Waals surface area contributed by atoms with Crippen LogP contribution < -0.4 is 0 Å². The van der Waals surface area contributed by atoms with Gasteiger partial charge in [0, 0.05) is 43.8 Å². The van der Waals surface area contributed by atoms with Crippen LogP contribution in [0.2, 0.25) is 0 Å². The molecule has 442 valence electrons. The van der Waals surface area contributed by atoms with Gasteiger partial charge in [-0.25, -0.2) is 24.6 Å². The number of fused-ring (bicyclic) bond motifs is 6. The van der Waals surface area contributed by atoms with Crippen LogP contribution in [0.4, 0.5) is 11.4 Å². The summed E-state index contributed by atoms with van der Waals surface area (Å²) < 4.78 is 4.63. The number of benzene rings is 13. The Hall–Kier alpha value is -14.1. The van der Waals surface area contributed by atoms with E-state index in [0.29, 0.717) is 45.5 Å². The second-order valence-electron chi connectivity index (χ2n) is 23.5. The third-order valence-corrected chi connectivity index (χ3v) is 17.9. The molecule has 3 heterocycles. The first-order valence-corrected chi connectivity index (χ1v) is 31.1. The van der Waals surface area contributed by atoms with Crippen molar-refractivity contribution >= 4 is 55.0 Å². The fraction of sp³-hybridized carbons (Fsp3) is 0. The van der Waals surface area contributed by atoms with Crippen LogP contribution in [0.25, 0.3) is 166 Å². The van der Waals surface area contributed by atoms with Gasteiger partial charge in [-0.3, -0.25) is 0 Å². The molecule has 0 unspecified atom stereocenters. The van der Waals surface area contributed by atoms with Crippen molar-refractivity contribution in [3.05, 3.63) is 331 Å². The molecule has 3 aromatic heterocycles. The minimum absolute atomic E-state index is 0.441. The second kappa shape index (κ2) is 23.9. The van der Waals surface area contributed by atoms with Crippen molar-refractivity contribution < 1.29 is 0 Å². The van der Waals surface area contributed by atoms with E-state index in [1.807, 2.05) is 182 Å². The van der Waals surface area contributed by atoms with Gasteiger partial charge in [0.05, 0.1) is 81.5 Å². The van der Waals surface area contributed by atoms with Gasteiger partial charge in [0.25, 0.3) is 0 Å². The zero-order valence-electron chi connectivity index (χ0n) is 51.2. The van der Waals surface area contributed by atoms with Crippen molar-refractivity contribution in [2.75, 3.05) is 0 Å². The molecule has 0 N–H and O–H groups in total. The number of nitrogens with zero attached hydrogens (tertiary/aromatic N) is 10. The molecule has 0 aliphatic carbocycles. The first-order valence-electron chi connectivity index (χ1n) is 31.1. The molecule has 0 saturated carbocycles. The molecule has 13 aromatic carbocycles. The highest BCUT2D eigenvalue weighted by atomic mass is 15.1. The Morgan fingerprint density at radius 3 is 1.02 bits per heavy atom. The van der Waals surface area contributed by atoms with Crippen LogP contribution in [0.5, 0.6) is 0 Å². The highest BCUT2D eigenvalue weighted by molar-refractivity contribution is 6.14. The van der Waals surface area contributed by atoms with Crippen molar-refractivity contribution in [1.82, 2.24) is 24.1 Å². The van der Waals surface area contributed by atoms with Gasteiger partial charge in [-0.2, -0.15) is 15.8 Å². The van der Waals surface area contributed by atoms with E-state index in [9.17, 15) is 15.8 Å². The first kappa shape index (κ1) is 57.1. The molecule has 0 amide bonds. The lowest BCUT2D eigenvalue weighted by atomic mass is 9.94. The quantitative estimate of drug-likeness (QED) is 0.119. The number of hydrogen-bond acceptors (Lipinski definition) is 6. The molecule has 0 aliphatic heterocycles. The van der Waals surface area contributed by atoms with E-state index in [0.717, 1.165) is 138 Å². The van der Waals surface area contributed by atoms with Gasteiger partial charge in [0.1, 0.15) is 0 Å². The zero-order valence-corrected chi connectivity index (χ0v) is 51.2. The van der Waals surface area contributed by atoms with Gasteiger partial charge in [-0.15, -0.1) is 0 Å². The summed E-state index contributed by atoms with van der Waals surface area (Å²) in [4.78, 5) is 23.7. The Morgan fingerprint density at radius 1 is 0.260 bits per heavy atom. The molecular weight excluding hydrogens is 1170 g/mol. The predicted molar refractivity (Wildman–Crippen MR) is 384 cm³/mol. The molecule has 96 heavy (non-hydrogen) atoms. The van der Waals surface area contributed by atoms with E-state index in [1.165, 1.54) is 0 Å². The van der Waals surface area contributed by atoms with Crippen molar-refractivity contribution in [1.29, 1.82) is 15.8 Å². The van der Waals surface area contributed by atoms with E-state index >= 15 is 0 Å². The number of aromatic nitrogens is 5. The maximum atomic E-state index is 10.0. The maximum Gasteiger partial charge on any atom is 0.187 e. The van der Waals surface area contributed by atoms with Crippen molar-refractivity contribution in [3.8, 4) is 131 Å². The van der Waals surface area contributed by atoms with Crippen LogP contribution in [0.1, 0.15) is 16.7 Å². The topological polar surface area (TPSA) is 129 Å². The van der Waals surface area contributed by atoms with Gasteiger partial charge in [0.15, 0.2) is 28.8 Å². The minimum atomic E-state index is 0.441. The van der Waals surface area contributed by atoms with Gasteiger partial charge < -0.3 is 9.13 Å². The lowest BCUT2D eigenvalue weighted by Crippen LogP contribution is -2.04. The summed E-state index contributed by atoms with van der Waals surface area (Å²) in [6.45, 7) is 15.8. The highest BCUT2D eigenvalue weighted by Gasteiger charge is 2.25.